The van der Waals surface area contributed by atoms with Crippen molar-refractivity contribution >= 4 is 0 Å². The minimum Gasteiger partial charge on any atom is -0.307 e. The lowest BCUT2D eigenvalue weighted by Crippen LogP contribution is -2.49. The standard InChI is InChI=1S/C14H18N2/c1-10-4-3-5-12(8-10)13-6-7-14(15,16)11(2)9-13/h3-9,13H,15-16H2,1-2H3. The van der Waals surface area contributed by atoms with Crippen LogP contribution in [0, 0.1) is 6.92 Å². The molecule has 0 heterocycles. The fourth-order valence-electron chi connectivity index (χ4n) is 1.95. The summed E-state index contributed by atoms with van der Waals surface area (Å²) in [5.41, 5.74) is 14.6. The van der Waals surface area contributed by atoms with E-state index in [9.17, 15) is 0 Å². The SMILES string of the molecule is CC1=CC(c2cccc(C)c2)C=CC1(N)N. The first-order valence-corrected chi connectivity index (χ1v) is 5.51. The summed E-state index contributed by atoms with van der Waals surface area (Å²) in [6, 6.07) is 8.50. The first-order valence-electron chi connectivity index (χ1n) is 5.51. The zero-order valence-corrected chi connectivity index (χ0v) is 9.77. The van der Waals surface area contributed by atoms with E-state index in [0.29, 0.717) is 5.92 Å². The number of rotatable bonds is 1. The van der Waals surface area contributed by atoms with Crippen molar-refractivity contribution in [2.75, 3.05) is 0 Å². The van der Waals surface area contributed by atoms with Crippen LogP contribution >= 0.6 is 0 Å². The lowest BCUT2D eigenvalue weighted by Gasteiger charge is -2.27. The van der Waals surface area contributed by atoms with Crippen LogP contribution in [0.2, 0.25) is 0 Å². The summed E-state index contributed by atoms with van der Waals surface area (Å²) >= 11 is 0. The highest BCUT2D eigenvalue weighted by molar-refractivity contribution is 5.40. The lowest BCUT2D eigenvalue weighted by molar-refractivity contribution is 0.629. The maximum absolute atomic E-state index is 5.91. The van der Waals surface area contributed by atoms with Crippen molar-refractivity contribution in [2.45, 2.75) is 25.4 Å². The first-order chi connectivity index (χ1) is 7.49. The molecule has 0 saturated carbocycles. The van der Waals surface area contributed by atoms with Gasteiger partial charge in [0.05, 0.1) is 0 Å². The van der Waals surface area contributed by atoms with E-state index in [-0.39, 0.29) is 0 Å². The van der Waals surface area contributed by atoms with E-state index < -0.39 is 5.66 Å². The Balaban J connectivity index is 2.33. The molecule has 2 nitrogen and oxygen atoms in total. The number of hydrogen-bond donors (Lipinski definition) is 2. The van der Waals surface area contributed by atoms with Gasteiger partial charge in [-0.25, -0.2) is 0 Å². The Morgan fingerprint density at radius 1 is 1.19 bits per heavy atom. The van der Waals surface area contributed by atoms with Crippen LogP contribution in [0.25, 0.3) is 0 Å². The van der Waals surface area contributed by atoms with Crippen LogP contribution in [0.3, 0.4) is 0 Å². The van der Waals surface area contributed by atoms with Crippen molar-refractivity contribution in [1.82, 2.24) is 0 Å². The molecule has 84 valence electrons. The van der Waals surface area contributed by atoms with Crippen molar-refractivity contribution in [3.05, 3.63) is 59.2 Å². The fourth-order valence-corrected chi connectivity index (χ4v) is 1.95. The molecule has 0 aromatic heterocycles. The molecule has 2 heteroatoms. The van der Waals surface area contributed by atoms with E-state index in [1.54, 1.807) is 0 Å². The molecule has 0 saturated heterocycles. The van der Waals surface area contributed by atoms with Gasteiger partial charge in [0.1, 0.15) is 5.66 Å². The molecule has 0 radical (unpaired) electrons. The van der Waals surface area contributed by atoms with Gasteiger partial charge in [-0.3, -0.25) is 0 Å². The third kappa shape index (κ3) is 2.08. The van der Waals surface area contributed by atoms with Gasteiger partial charge in [0.25, 0.3) is 0 Å². The topological polar surface area (TPSA) is 52.0 Å². The molecule has 1 aliphatic rings. The Bertz CT molecular complexity index is 456. The highest BCUT2D eigenvalue weighted by atomic mass is 14.9. The van der Waals surface area contributed by atoms with Crippen LogP contribution in [0.1, 0.15) is 24.0 Å². The fraction of sp³-hybridized carbons (Fsp3) is 0.286. The van der Waals surface area contributed by atoms with Gasteiger partial charge in [-0.1, -0.05) is 42.0 Å². The second-order valence-electron chi connectivity index (χ2n) is 4.58. The maximum Gasteiger partial charge on any atom is 0.105 e. The number of aryl methyl sites for hydroxylation is 1. The van der Waals surface area contributed by atoms with E-state index in [4.69, 9.17) is 11.5 Å². The normalized spacial score (nSPS) is 23.0. The van der Waals surface area contributed by atoms with Crippen LogP contribution in [0.4, 0.5) is 0 Å². The van der Waals surface area contributed by atoms with E-state index in [1.165, 1.54) is 11.1 Å². The molecule has 1 aromatic carbocycles. The molecule has 1 unspecified atom stereocenters. The Morgan fingerprint density at radius 2 is 1.94 bits per heavy atom. The van der Waals surface area contributed by atoms with Gasteiger partial charge in [-0.05, 0) is 31.1 Å². The molecule has 0 amide bonds. The number of allylic oxidation sites excluding steroid dienone is 2. The molecule has 4 N–H and O–H groups in total. The van der Waals surface area contributed by atoms with E-state index in [1.807, 2.05) is 13.0 Å². The minimum absolute atomic E-state index is 0.292. The van der Waals surface area contributed by atoms with Gasteiger partial charge in [0.15, 0.2) is 0 Å². The number of nitrogens with two attached hydrogens (primary N) is 2. The van der Waals surface area contributed by atoms with Gasteiger partial charge in [-0.2, -0.15) is 0 Å². The van der Waals surface area contributed by atoms with Gasteiger partial charge in [0, 0.05) is 5.92 Å². The van der Waals surface area contributed by atoms with Gasteiger partial charge < -0.3 is 11.5 Å². The maximum atomic E-state index is 5.91. The Hall–Kier alpha value is -1.38. The first kappa shape index (κ1) is 11.1. The van der Waals surface area contributed by atoms with Crippen LogP contribution < -0.4 is 11.5 Å². The highest BCUT2D eigenvalue weighted by Gasteiger charge is 2.23. The van der Waals surface area contributed by atoms with Crippen LogP contribution in [-0.4, -0.2) is 5.66 Å². The molecule has 2 rings (SSSR count). The molecule has 0 bridgehead atoms. The van der Waals surface area contributed by atoms with Crippen molar-refractivity contribution in [3.63, 3.8) is 0 Å². The molecule has 1 aliphatic carbocycles. The Labute approximate surface area is 96.6 Å². The highest BCUT2D eigenvalue weighted by Crippen LogP contribution is 2.28. The van der Waals surface area contributed by atoms with Crippen LogP contribution in [0.15, 0.2) is 48.1 Å². The van der Waals surface area contributed by atoms with Crippen molar-refractivity contribution in [1.29, 1.82) is 0 Å². The smallest absolute Gasteiger partial charge is 0.105 e. The third-order valence-electron chi connectivity index (χ3n) is 3.12. The van der Waals surface area contributed by atoms with Gasteiger partial charge in [-0.15, -0.1) is 0 Å². The summed E-state index contributed by atoms with van der Waals surface area (Å²) in [6.07, 6.45) is 6.09. The molecule has 0 aliphatic heterocycles. The largest absolute Gasteiger partial charge is 0.307 e. The molecule has 16 heavy (non-hydrogen) atoms. The summed E-state index contributed by atoms with van der Waals surface area (Å²) < 4.78 is 0. The van der Waals surface area contributed by atoms with Crippen molar-refractivity contribution in [2.24, 2.45) is 11.5 Å². The van der Waals surface area contributed by atoms with E-state index >= 15 is 0 Å². The summed E-state index contributed by atoms with van der Waals surface area (Å²) in [6.45, 7) is 4.08. The van der Waals surface area contributed by atoms with Crippen molar-refractivity contribution in [3.8, 4) is 0 Å². The zero-order valence-electron chi connectivity index (χ0n) is 9.77. The second-order valence-corrected chi connectivity index (χ2v) is 4.58. The Morgan fingerprint density at radius 3 is 2.56 bits per heavy atom. The van der Waals surface area contributed by atoms with Gasteiger partial charge >= 0.3 is 0 Å². The third-order valence-corrected chi connectivity index (χ3v) is 3.12. The molecule has 0 spiro atoms. The molecular formula is C14H18N2. The number of benzene rings is 1. The average Bonchev–Trinajstić information content (AvgIpc) is 2.22. The quantitative estimate of drug-likeness (QED) is 0.556. The molecule has 1 aromatic rings. The minimum atomic E-state index is -0.777. The van der Waals surface area contributed by atoms with E-state index in [2.05, 4.69) is 43.3 Å². The summed E-state index contributed by atoms with van der Waals surface area (Å²) in [5.74, 6) is 0.292. The predicted octanol–water partition coefficient (Wildman–Crippen LogP) is 2.21. The summed E-state index contributed by atoms with van der Waals surface area (Å²) in [4.78, 5) is 0. The second kappa shape index (κ2) is 3.89. The molecular weight excluding hydrogens is 196 g/mol. The summed E-state index contributed by atoms with van der Waals surface area (Å²) in [7, 11) is 0. The lowest BCUT2D eigenvalue weighted by atomic mass is 9.86. The van der Waals surface area contributed by atoms with Gasteiger partial charge in [0.2, 0.25) is 0 Å². The monoisotopic (exact) mass is 214 g/mol. The predicted molar refractivity (Wildman–Crippen MR) is 67.9 cm³/mol. The van der Waals surface area contributed by atoms with E-state index in [0.717, 1.165) is 5.57 Å². The van der Waals surface area contributed by atoms with Crippen molar-refractivity contribution < 1.29 is 0 Å². The van der Waals surface area contributed by atoms with Crippen LogP contribution in [-0.2, 0) is 0 Å². The Kier molecular flexibility index (Phi) is 2.70. The zero-order chi connectivity index (χ0) is 11.8. The average molecular weight is 214 g/mol. The summed E-state index contributed by atoms with van der Waals surface area (Å²) in [5, 5.41) is 0. The molecule has 1 atom stereocenters. The molecule has 0 fully saturated rings. The van der Waals surface area contributed by atoms with Crippen LogP contribution in [0.5, 0.6) is 0 Å². The number of hydrogen-bond acceptors (Lipinski definition) is 2.